The number of carbonyl (C=O) groups excluding carboxylic acids is 1. The van der Waals surface area contributed by atoms with Gasteiger partial charge < -0.3 is 5.32 Å². The van der Waals surface area contributed by atoms with Crippen molar-refractivity contribution >= 4 is 28.9 Å². The standard InChI is InChI=1S/C14H10ClFN2O3/c1-8-6-10(16)3-5-12(8)17-14(19)11-4-2-9(15)7-13(11)18(20)21/h2-7H,1H3,(H,17,19). The molecule has 0 heterocycles. The van der Waals surface area contributed by atoms with Gasteiger partial charge in [0.15, 0.2) is 0 Å². The van der Waals surface area contributed by atoms with E-state index in [4.69, 9.17) is 11.6 Å². The van der Waals surface area contributed by atoms with E-state index in [0.717, 1.165) is 6.07 Å². The molecular weight excluding hydrogens is 299 g/mol. The SMILES string of the molecule is Cc1cc(F)ccc1NC(=O)c1ccc(Cl)cc1[N+](=O)[O-]. The summed E-state index contributed by atoms with van der Waals surface area (Å²) in [5, 5.41) is 13.6. The summed E-state index contributed by atoms with van der Waals surface area (Å²) in [4.78, 5) is 22.4. The second-order valence-electron chi connectivity index (χ2n) is 4.33. The van der Waals surface area contributed by atoms with Crippen molar-refractivity contribution in [3.63, 3.8) is 0 Å². The Balaban J connectivity index is 2.34. The number of hydrogen-bond acceptors (Lipinski definition) is 3. The predicted molar refractivity (Wildman–Crippen MR) is 77.2 cm³/mol. The van der Waals surface area contributed by atoms with Crippen LogP contribution in [0.5, 0.6) is 0 Å². The van der Waals surface area contributed by atoms with Gasteiger partial charge in [0.25, 0.3) is 11.6 Å². The molecule has 21 heavy (non-hydrogen) atoms. The number of hydrogen-bond donors (Lipinski definition) is 1. The molecule has 0 saturated heterocycles. The Morgan fingerprint density at radius 3 is 2.62 bits per heavy atom. The van der Waals surface area contributed by atoms with E-state index in [1.165, 1.54) is 30.3 Å². The molecule has 2 aromatic carbocycles. The molecule has 0 atom stereocenters. The third-order valence-electron chi connectivity index (χ3n) is 2.84. The number of benzene rings is 2. The van der Waals surface area contributed by atoms with Gasteiger partial charge in [0.05, 0.1) is 4.92 Å². The molecule has 2 rings (SSSR count). The average Bonchev–Trinajstić information content (AvgIpc) is 2.41. The van der Waals surface area contributed by atoms with Crippen molar-refractivity contribution in [3.05, 3.63) is 68.5 Å². The van der Waals surface area contributed by atoms with Gasteiger partial charge in [0, 0.05) is 16.8 Å². The lowest BCUT2D eigenvalue weighted by atomic mass is 10.1. The molecule has 0 radical (unpaired) electrons. The van der Waals surface area contributed by atoms with Crippen LogP contribution in [0.1, 0.15) is 15.9 Å². The van der Waals surface area contributed by atoms with E-state index in [2.05, 4.69) is 5.32 Å². The molecule has 0 aromatic heterocycles. The molecule has 0 spiro atoms. The Morgan fingerprint density at radius 1 is 1.29 bits per heavy atom. The number of carbonyl (C=O) groups is 1. The molecule has 1 amide bonds. The van der Waals surface area contributed by atoms with Gasteiger partial charge in [-0.1, -0.05) is 11.6 Å². The maximum Gasteiger partial charge on any atom is 0.283 e. The van der Waals surface area contributed by atoms with Crippen molar-refractivity contribution in [2.45, 2.75) is 6.92 Å². The van der Waals surface area contributed by atoms with Gasteiger partial charge in [-0.2, -0.15) is 0 Å². The first kappa shape index (κ1) is 14.9. The van der Waals surface area contributed by atoms with Crippen molar-refractivity contribution in [2.75, 3.05) is 5.32 Å². The Morgan fingerprint density at radius 2 is 2.00 bits per heavy atom. The minimum absolute atomic E-state index is 0.117. The lowest BCUT2D eigenvalue weighted by Crippen LogP contribution is -2.14. The van der Waals surface area contributed by atoms with Crippen molar-refractivity contribution in [1.29, 1.82) is 0 Å². The van der Waals surface area contributed by atoms with Crippen LogP contribution in [0.4, 0.5) is 15.8 Å². The number of anilines is 1. The minimum atomic E-state index is -0.682. The molecule has 0 aliphatic heterocycles. The topological polar surface area (TPSA) is 72.2 Å². The maximum absolute atomic E-state index is 13.0. The number of nitro groups is 1. The molecule has 0 unspecified atom stereocenters. The smallest absolute Gasteiger partial charge is 0.283 e. The fraction of sp³-hybridized carbons (Fsp3) is 0.0714. The van der Waals surface area contributed by atoms with Gasteiger partial charge in [-0.15, -0.1) is 0 Å². The molecule has 5 nitrogen and oxygen atoms in total. The quantitative estimate of drug-likeness (QED) is 0.689. The normalized spacial score (nSPS) is 10.2. The summed E-state index contributed by atoms with van der Waals surface area (Å²) in [7, 11) is 0. The van der Waals surface area contributed by atoms with Crippen LogP contribution in [0, 0.1) is 22.9 Å². The van der Waals surface area contributed by atoms with E-state index in [9.17, 15) is 19.3 Å². The Kier molecular flexibility index (Phi) is 4.18. The van der Waals surface area contributed by atoms with Crippen molar-refractivity contribution in [3.8, 4) is 0 Å². The highest BCUT2D eigenvalue weighted by molar-refractivity contribution is 6.31. The molecular formula is C14H10ClFN2O3. The number of nitro benzene ring substituents is 1. The summed E-state index contributed by atoms with van der Waals surface area (Å²) >= 11 is 5.69. The molecule has 0 fully saturated rings. The average molecular weight is 309 g/mol. The molecule has 108 valence electrons. The van der Waals surface area contributed by atoms with Crippen LogP contribution in [-0.2, 0) is 0 Å². The van der Waals surface area contributed by atoms with E-state index in [1.807, 2.05) is 0 Å². The lowest BCUT2D eigenvalue weighted by molar-refractivity contribution is -0.385. The van der Waals surface area contributed by atoms with Crippen LogP contribution in [0.15, 0.2) is 36.4 Å². The summed E-state index contributed by atoms with van der Waals surface area (Å²) in [5.41, 5.74) is 0.388. The summed E-state index contributed by atoms with van der Waals surface area (Å²) in [6.07, 6.45) is 0. The molecule has 0 bridgehead atoms. The zero-order valence-corrected chi connectivity index (χ0v) is 11.6. The fourth-order valence-electron chi connectivity index (χ4n) is 1.80. The highest BCUT2D eigenvalue weighted by Crippen LogP contribution is 2.25. The summed E-state index contributed by atoms with van der Waals surface area (Å²) in [6.45, 7) is 1.62. The first-order valence-electron chi connectivity index (χ1n) is 5.90. The van der Waals surface area contributed by atoms with Gasteiger partial charge in [-0.25, -0.2) is 4.39 Å². The van der Waals surface area contributed by atoms with Crippen molar-refractivity contribution in [2.24, 2.45) is 0 Å². The first-order valence-corrected chi connectivity index (χ1v) is 6.27. The molecule has 1 N–H and O–H groups in total. The summed E-state index contributed by atoms with van der Waals surface area (Å²) < 4.78 is 13.0. The Labute approximate surface area is 124 Å². The van der Waals surface area contributed by atoms with Crippen LogP contribution in [0.2, 0.25) is 5.02 Å². The second-order valence-corrected chi connectivity index (χ2v) is 4.77. The van der Waals surface area contributed by atoms with Gasteiger partial charge in [0.2, 0.25) is 0 Å². The number of rotatable bonds is 3. The lowest BCUT2D eigenvalue weighted by Gasteiger charge is -2.09. The van der Waals surface area contributed by atoms with E-state index < -0.39 is 16.6 Å². The van der Waals surface area contributed by atoms with Crippen LogP contribution < -0.4 is 5.32 Å². The molecule has 0 aliphatic carbocycles. The van der Waals surface area contributed by atoms with Crippen molar-refractivity contribution in [1.82, 2.24) is 0 Å². The zero-order valence-electron chi connectivity index (χ0n) is 10.9. The monoisotopic (exact) mass is 308 g/mol. The number of aryl methyl sites for hydroxylation is 1. The summed E-state index contributed by atoms with van der Waals surface area (Å²) in [5.74, 6) is -1.09. The van der Waals surface area contributed by atoms with E-state index in [0.29, 0.717) is 11.3 Å². The van der Waals surface area contributed by atoms with Gasteiger partial charge in [-0.3, -0.25) is 14.9 Å². The maximum atomic E-state index is 13.0. The van der Waals surface area contributed by atoms with Gasteiger partial charge in [0.1, 0.15) is 11.4 Å². The van der Waals surface area contributed by atoms with E-state index >= 15 is 0 Å². The number of nitrogens with zero attached hydrogens (tertiary/aromatic N) is 1. The zero-order chi connectivity index (χ0) is 15.6. The highest BCUT2D eigenvalue weighted by Gasteiger charge is 2.21. The molecule has 0 saturated carbocycles. The Bertz CT molecular complexity index is 734. The van der Waals surface area contributed by atoms with Crippen molar-refractivity contribution < 1.29 is 14.1 Å². The second kappa shape index (κ2) is 5.88. The first-order chi connectivity index (χ1) is 9.88. The molecule has 7 heteroatoms. The molecule has 2 aromatic rings. The largest absolute Gasteiger partial charge is 0.322 e. The third kappa shape index (κ3) is 3.35. The number of nitrogens with one attached hydrogen (secondary N) is 1. The molecule has 0 aliphatic rings. The number of halogens is 2. The van der Waals surface area contributed by atoms with Crippen LogP contribution in [-0.4, -0.2) is 10.8 Å². The fourth-order valence-corrected chi connectivity index (χ4v) is 1.97. The Hall–Kier alpha value is -2.47. The van der Waals surface area contributed by atoms with Gasteiger partial charge >= 0.3 is 0 Å². The van der Waals surface area contributed by atoms with Crippen LogP contribution in [0.3, 0.4) is 0 Å². The summed E-state index contributed by atoms with van der Waals surface area (Å²) in [6, 6.07) is 7.61. The van der Waals surface area contributed by atoms with E-state index in [-0.39, 0.29) is 16.3 Å². The van der Waals surface area contributed by atoms with Crippen LogP contribution >= 0.6 is 11.6 Å². The highest BCUT2D eigenvalue weighted by atomic mass is 35.5. The number of amides is 1. The van der Waals surface area contributed by atoms with Crippen LogP contribution in [0.25, 0.3) is 0 Å². The predicted octanol–water partition coefficient (Wildman–Crippen LogP) is 3.95. The minimum Gasteiger partial charge on any atom is -0.322 e. The van der Waals surface area contributed by atoms with E-state index in [1.54, 1.807) is 6.92 Å². The van der Waals surface area contributed by atoms with Gasteiger partial charge in [-0.05, 0) is 42.8 Å². The third-order valence-corrected chi connectivity index (χ3v) is 3.07.